The molecule has 1 aliphatic heterocycles. The summed E-state index contributed by atoms with van der Waals surface area (Å²) < 4.78 is 95.7. The summed E-state index contributed by atoms with van der Waals surface area (Å²) in [5.41, 5.74) is -0.219. The van der Waals surface area contributed by atoms with Crippen LogP contribution in [-0.2, 0) is 41.5 Å². The molecule has 2 heterocycles. The van der Waals surface area contributed by atoms with Crippen LogP contribution in [0.25, 0.3) is 0 Å². The predicted octanol–water partition coefficient (Wildman–Crippen LogP) is 3.11. The number of halogens is 6. The average Bonchev–Trinajstić information content (AvgIpc) is 3.14. The topological polar surface area (TPSA) is 80.1 Å². The fraction of sp³-hybridized carbons (Fsp3) is 0.550. The lowest BCUT2D eigenvalue weighted by Crippen LogP contribution is -2.46. The van der Waals surface area contributed by atoms with E-state index >= 15 is 0 Å². The Hall–Kier alpha value is -2.48. The van der Waals surface area contributed by atoms with Gasteiger partial charge in [0.2, 0.25) is 11.7 Å². The number of nitrogens with zero attached hydrogens (tertiary/aromatic N) is 4. The Bertz CT molecular complexity index is 1100. The smallest absolute Gasteiger partial charge is 0.333 e. The number of benzene rings is 1. The summed E-state index contributed by atoms with van der Waals surface area (Å²) in [5, 5.41) is 6.68. The van der Waals surface area contributed by atoms with Gasteiger partial charge in [-0.05, 0) is 38.8 Å². The molecule has 1 aromatic carbocycles. The first-order chi connectivity index (χ1) is 15.7. The number of aromatic nitrogens is 3. The Kier molecular flexibility index (Phi) is 7.41. The van der Waals surface area contributed by atoms with Gasteiger partial charge in [-0.2, -0.15) is 13.2 Å². The number of hydrogen-bond acceptors (Lipinski definition) is 4. The highest BCUT2D eigenvalue weighted by molar-refractivity contribution is 7.84. The van der Waals surface area contributed by atoms with Crippen LogP contribution in [0.2, 0.25) is 0 Å². The summed E-state index contributed by atoms with van der Waals surface area (Å²) >= 11 is 0. The van der Waals surface area contributed by atoms with Gasteiger partial charge >= 0.3 is 6.18 Å². The summed E-state index contributed by atoms with van der Waals surface area (Å²) in [6, 6.07) is 0.128. The fourth-order valence-corrected chi connectivity index (χ4v) is 4.21. The highest BCUT2D eigenvalue weighted by atomic mass is 32.2. The number of nitrogens with one attached hydrogen (secondary N) is 1. The molecule has 0 bridgehead atoms. The number of rotatable bonds is 6. The van der Waals surface area contributed by atoms with Crippen molar-refractivity contribution < 1.29 is 35.3 Å². The molecule has 14 heteroatoms. The molecule has 1 amide bonds. The van der Waals surface area contributed by atoms with E-state index in [4.69, 9.17) is 0 Å². The van der Waals surface area contributed by atoms with Crippen molar-refractivity contribution in [1.29, 1.82) is 0 Å². The van der Waals surface area contributed by atoms with E-state index in [0.29, 0.717) is 12.1 Å². The number of carbonyl (C=O) groups is 1. The Labute approximate surface area is 194 Å². The molecule has 3 rings (SSSR count). The molecule has 7 nitrogen and oxygen atoms in total. The van der Waals surface area contributed by atoms with Crippen molar-refractivity contribution in [2.75, 3.05) is 6.54 Å². The summed E-state index contributed by atoms with van der Waals surface area (Å²) in [6.45, 7) is 4.55. The van der Waals surface area contributed by atoms with Gasteiger partial charge in [-0.15, -0.1) is 10.2 Å². The Morgan fingerprint density at radius 2 is 1.74 bits per heavy atom. The maximum atomic E-state index is 14.2. The zero-order valence-corrected chi connectivity index (χ0v) is 19.4. The Morgan fingerprint density at radius 1 is 1.09 bits per heavy atom. The first-order valence-corrected chi connectivity index (χ1v) is 11.4. The van der Waals surface area contributed by atoms with Crippen LogP contribution in [0.3, 0.4) is 0 Å². The third-order valence-corrected chi connectivity index (χ3v) is 6.83. The molecular weight excluding hydrogens is 488 g/mol. The van der Waals surface area contributed by atoms with Crippen LogP contribution in [0.15, 0.2) is 12.1 Å². The van der Waals surface area contributed by atoms with Gasteiger partial charge in [0.1, 0.15) is 5.82 Å². The van der Waals surface area contributed by atoms with Crippen molar-refractivity contribution in [2.45, 2.75) is 63.7 Å². The molecular formula is C20H23F6N5O2S. The first-order valence-electron chi connectivity index (χ1n) is 10.3. The van der Waals surface area contributed by atoms with Gasteiger partial charge in [0, 0.05) is 31.6 Å². The second kappa shape index (κ2) is 9.64. The predicted molar refractivity (Wildman–Crippen MR) is 110 cm³/mol. The molecule has 0 saturated heterocycles. The van der Waals surface area contributed by atoms with E-state index in [0.717, 1.165) is 4.57 Å². The number of carbonyl (C=O) groups excluding carboxylic acids is 1. The highest BCUT2D eigenvalue weighted by Crippen LogP contribution is 2.29. The van der Waals surface area contributed by atoms with Crippen LogP contribution in [-0.4, -0.2) is 47.1 Å². The lowest BCUT2D eigenvalue weighted by molar-refractivity contribution is -0.148. The maximum Gasteiger partial charge on any atom is 0.451 e. The third kappa shape index (κ3) is 5.95. The molecule has 1 aliphatic rings. The molecule has 0 spiro atoms. The first kappa shape index (κ1) is 26.1. The number of alkyl halides is 3. The van der Waals surface area contributed by atoms with Crippen LogP contribution in [0.4, 0.5) is 26.3 Å². The molecule has 1 unspecified atom stereocenters. The molecule has 34 heavy (non-hydrogen) atoms. The molecule has 0 aliphatic carbocycles. The second-order valence-corrected chi connectivity index (χ2v) is 10.9. The van der Waals surface area contributed by atoms with Gasteiger partial charge in [0.05, 0.1) is 22.3 Å². The fourth-order valence-electron chi connectivity index (χ4n) is 3.39. The summed E-state index contributed by atoms with van der Waals surface area (Å²) in [7, 11) is -1.68. The lowest BCUT2D eigenvalue weighted by atomic mass is 10.0. The van der Waals surface area contributed by atoms with Crippen molar-refractivity contribution >= 4 is 16.9 Å². The molecule has 0 saturated carbocycles. The van der Waals surface area contributed by atoms with Gasteiger partial charge in [-0.25, -0.2) is 22.1 Å². The van der Waals surface area contributed by atoms with Crippen molar-refractivity contribution in [3.8, 4) is 0 Å². The van der Waals surface area contributed by atoms with Crippen LogP contribution in [0.5, 0.6) is 0 Å². The van der Waals surface area contributed by atoms with Crippen LogP contribution in [0.1, 0.15) is 44.4 Å². The molecule has 0 fully saturated rings. The zero-order chi connectivity index (χ0) is 25.4. The van der Waals surface area contributed by atoms with E-state index in [9.17, 15) is 35.3 Å². The van der Waals surface area contributed by atoms with Gasteiger partial charge in [0.15, 0.2) is 17.5 Å². The van der Waals surface area contributed by atoms with Crippen LogP contribution < -0.4 is 4.72 Å². The summed E-state index contributed by atoms with van der Waals surface area (Å²) in [6.07, 6.45) is -5.28. The van der Waals surface area contributed by atoms with E-state index in [1.807, 2.05) is 0 Å². The minimum Gasteiger partial charge on any atom is -0.333 e. The molecule has 0 radical (unpaired) electrons. The van der Waals surface area contributed by atoms with E-state index in [1.165, 1.54) is 4.90 Å². The molecule has 2 aromatic rings. The third-order valence-electron chi connectivity index (χ3n) is 5.17. The largest absolute Gasteiger partial charge is 0.451 e. The van der Waals surface area contributed by atoms with E-state index in [2.05, 4.69) is 14.9 Å². The normalized spacial score (nSPS) is 16.3. The van der Waals surface area contributed by atoms with Gasteiger partial charge in [-0.1, -0.05) is 0 Å². The van der Waals surface area contributed by atoms with E-state index in [1.54, 1.807) is 20.8 Å². The quantitative estimate of drug-likeness (QED) is 0.478. The minimum atomic E-state index is -4.68. The minimum absolute atomic E-state index is 0.0404. The number of fused-ring (bicyclic) bond motifs is 1. The van der Waals surface area contributed by atoms with E-state index < -0.39 is 57.1 Å². The van der Waals surface area contributed by atoms with Crippen molar-refractivity contribution in [3.63, 3.8) is 0 Å². The van der Waals surface area contributed by atoms with E-state index in [-0.39, 0.29) is 43.9 Å². The summed E-state index contributed by atoms with van der Waals surface area (Å²) in [5.74, 6) is -5.37. The summed E-state index contributed by atoms with van der Waals surface area (Å²) in [4.78, 5) is 14.2. The Balaban J connectivity index is 1.78. The van der Waals surface area contributed by atoms with Crippen molar-refractivity contribution in [2.24, 2.45) is 0 Å². The number of hydrogen-bond donors (Lipinski definition) is 1. The van der Waals surface area contributed by atoms with Crippen LogP contribution >= 0.6 is 0 Å². The standard InChI is InChI=1S/C20H23F6N5O2S/c1-19(2,3)34(33)29-12(6-11-7-14(22)15(23)9-13(11)21)8-17(32)30-4-5-31-16(10-30)27-28-18(31)20(24,25)26/h7,9,12,29H,4-6,8,10H2,1-3H3/t12?,34-/m1/s1. The number of amides is 1. The monoisotopic (exact) mass is 511 g/mol. The van der Waals surface area contributed by atoms with Crippen molar-refractivity contribution in [1.82, 2.24) is 24.4 Å². The van der Waals surface area contributed by atoms with Gasteiger partial charge < -0.3 is 9.47 Å². The second-order valence-electron chi connectivity index (χ2n) is 8.87. The maximum absolute atomic E-state index is 14.2. The average molecular weight is 511 g/mol. The van der Waals surface area contributed by atoms with Gasteiger partial charge in [0.25, 0.3) is 0 Å². The molecule has 2 atom stereocenters. The molecule has 1 aromatic heterocycles. The lowest BCUT2D eigenvalue weighted by Gasteiger charge is -2.30. The van der Waals surface area contributed by atoms with Crippen molar-refractivity contribution in [3.05, 3.63) is 46.8 Å². The molecule has 188 valence electrons. The highest BCUT2D eigenvalue weighted by Gasteiger charge is 2.40. The van der Waals surface area contributed by atoms with Crippen LogP contribution in [0, 0.1) is 17.5 Å². The SMILES string of the molecule is CC(C)(C)[S@@](=O)NC(CC(=O)N1CCn2c(nnc2C(F)(F)F)C1)Cc1cc(F)c(F)cc1F. The Morgan fingerprint density at radius 3 is 2.35 bits per heavy atom. The molecule has 1 N–H and O–H groups in total. The van der Waals surface area contributed by atoms with Gasteiger partial charge in [-0.3, -0.25) is 4.79 Å². The zero-order valence-electron chi connectivity index (χ0n) is 18.5.